The highest BCUT2D eigenvalue weighted by Gasteiger charge is 2.17. The van der Waals surface area contributed by atoms with Crippen LogP contribution >= 0.6 is 11.6 Å². The van der Waals surface area contributed by atoms with E-state index < -0.39 is 11.8 Å². The molecular formula is C23H23ClFN5O. The predicted octanol–water partition coefficient (Wildman–Crippen LogP) is 5.82. The number of hydrogen-bond donors (Lipinski definition) is 2. The third kappa shape index (κ3) is 5.11. The largest absolute Gasteiger partial charge is 0.355 e. The highest BCUT2D eigenvalue weighted by atomic mass is 35.5. The summed E-state index contributed by atoms with van der Waals surface area (Å²) in [4.78, 5) is 14.4. The molecule has 2 aromatic carbocycles. The number of hydrogen-bond acceptors (Lipinski definition) is 4. The minimum absolute atomic E-state index is 0.0585. The van der Waals surface area contributed by atoms with Crippen LogP contribution in [0.4, 0.5) is 26.4 Å². The fourth-order valence-electron chi connectivity index (χ4n) is 3.50. The molecule has 2 amide bonds. The quantitative estimate of drug-likeness (QED) is 0.537. The van der Waals surface area contributed by atoms with Gasteiger partial charge in [-0.1, -0.05) is 36.7 Å². The monoisotopic (exact) mass is 439 g/mol. The zero-order valence-electron chi connectivity index (χ0n) is 17.1. The summed E-state index contributed by atoms with van der Waals surface area (Å²) in [5.41, 5.74) is 2.13. The van der Waals surface area contributed by atoms with E-state index in [2.05, 4.69) is 32.7 Å². The normalized spacial score (nSPS) is 14.4. The Labute approximate surface area is 185 Å². The van der Waals surface area contributed by atoms with Gasteiger partial charge in [-0.05, 0) is 55.2 Å². The summed E-state index contributed by atoms with van der Waals surface area (Å²) in [6.07, 6.45) is 2.35. The van der Waals surface area contributed by atoms with Crippen molar-refractivity contribution >= 4 is 34.8 Å². The van der Waals surface area contributed by atoms with Crippen LogP contribution in [0.25, 0.3) is 11.3 Å². The number of carbonyl (C=O) groups is 1. The molecule has 0 bridgehead atoms. The van der Waals surface area contributed by atoms with E-state index in [1.807, 2.05) is 24.3 Å². The van der Waals surface area contributed by atoms with Gasteiger partial charge in [-0.15, -0.1) is 10.2 Å². The van der Waals surface area contributed by atoms with Crippen molar-refractivity contribution in [2.45, 2.75) is 19.8 Å². The first kappa shape index (κ1) is 21.1. The molecule has 0 radical (unpaired) electrons. The molecule has 1 aliphatic rings. The second-order valence-electron chi connectivity index (χ2n) is 7.70. The van der Waals surface area contributed by atoms with Crippen molar-refractivity contribution in [1.29, 1.82) is 0 Å². The summed E-state index contributed by atoms with van der Waals surface area (Å²) >= 11 is 5.93. The number of halogens is 2. The van der Waals surface area contributed by atoms with E-state index >= 15 is 0 Å². The van der Waals surface area contributed by atoms with Gasteiger partial charge in [0.05, 0.1) is 16.4 Å². The van der Waals surface area contributed by atoms with Crippen molar-refractivity contribution in [3.63, 3.8) is 0 Å². The van der Waals surface area contributed by atoms with Crippen molar-refractivity contribution in [2.75, 3.05) is 28.6 Å². The van der Waals surface area contributed by atoms with Crippen LogP contribution in [0, 0.1) is 11.7 Å². The number of nitrogens with one attached hydrogen (secondary N) is 2. The first-order valence-corrected chi connectivity index (χ1v) is 10.6. The van der Waals surface area contributed by atoms with Gasteiger partial charge in [-0.3, -0.25) is 0 Å². The van der Waals surface area contributed by atoms with E-state index in [0.29, 0.717) is 5.69 Å². The Morgan fingerprint density at radius 1 is 1.03 bits per heavy atom. The van der Waals surface area contributed by atoms with Gasteiger partial charge >= 0.3 is 6.03 Å². The van der Waals surface area contributed by atoms with Gasteiger partial charge in [-0.2, -0.15) is 0 Å². The Kier molecular flexibility index (Phi) is 6.32. The number of benzene rings is 2. The molecule has 31 heavy (non-hydrogen) atoms. The van der Waals surface area contributed by atoms with Gasteiger partial charge in [0, 0.05) is 24.3 Å². The molecule has 8 heteroatoms. The second kappa shape index (κ2) is 9.31. The molecule has 0 unspecified atom stereocenters. The Balaban J connectivity index is 1.38. The third-order valence-electron chi connectivity index (χ3n) is 5.40. The van der Waals surface area contributed by atoms with Crippen LogP contribution < -0.4 is 15.5 Å². The number of aromatic nitrogens is 2. The van der Waals surface area contributed by atoms with Gasteiger partial charge in [0.15, 0.2) is 5.82 Å². The van der Waals surface area contributed by atoms with Crippen LogP contribution in [0.3, 0.4) is 0 Å². The van der Waals surface area contributed by atoms with E-state index in [1.54, 1.807) is 12.1 Å². The number of carbonyl (C=O) groups excluding carboxylic acids is 1. The topological polar surface area (TPSA) is 70.2 Å². The maximum Gasteiger partial charge on any atom is 0.323 e. The molecule has 1 fully saturated rings. The van der Waals surface area contributed by atoms with E-state index in [4.69, 9.17) is 11.6 Å². The Morgan fingerprint density at radius 2 is 1.77 bits per heavy atom. The molecule has 4 rings (SSSR count). The smallest absolute Gasteiger partial charge is 0.323 e. The number of urea groups is 1. The van der Waals surface area contributed by atoms with Gasteiger partial charge in [-0.25, -0.2) is 9.18 Å². The van der Waals surface area contributed by atoms with E-state index in [1.165, 1.54) is 31.0 Å². The lowest BCUT2D eigenvalue weighted by Crippen LogP contribution is -2.33. The predicted molar refractivity (Wildman–Crippen MR) is 122 cm³/mol. The molecule has 6 nitrogen and oxygen atoms in total. The maximum absolute atomic E-state index is 13.8. The van der Waals surface area contributed by atoms with E-state index in [-0.39, 0.29) is 10.7 Å². The number of nitrogens with zero attached hydrogens (tertiary/aromatic N) is 3. The van der Waals surface area contributed by atoms with Crippen molar-refractivity contribution in [2.24, 2.45) is 5.92 Å². The lowest BCUT2D eigenvalue weighted by atomic mass is 9.99. The van der Waals surface area contributed by atoms with Crippen molar-refractivity contribution in [3.8, 4) is 11.3 Å². The van der Waals surface area contributed by atoms with Crippen LogP contribution in [0.2, 0.25) is 5.02 Å². The first-order valence-electron chi connectivity index (χ1n) is 10.2. The fraction of sp³-hybridized carbons (Fsp3) is 0.261. The summed E-state index contributed by atoms with van der Waals surface area (Å²) in [6, 6.07) is 14.8. The maximum atomic E-state index is 13.8. The van der Waals surface area contributed by atoms with Gasteiger partial charge in [0.1, 0.15) is 5.82 Å². The Bertz CT molecular complexity index is 1030. The van der Waals surface area contributed by atoms with Crippen LogP contribution in [-0.4, -0.2) is 29.3 Å². The van der Waals surface area contributed by atoms with Crippen LogP contribution in [0.5, 0.6) is 0 Å². The second-order valence-corrected chi connectivity index (χ2v) is 8.11. The highest BCUT2D eigenvalue weighted by Crippen LogP contribution is 2.26. The molecule has 0 saturated carbocycles. The molecule has 1 aromatic heterocycles. The number of amides is 2. The van der Waals surface area contributed by atoms with Crippen LogP contribution in [-0.2, 0) is 0 Å². The lowest BCUT2D eigenvalue weighted by molar-refractivity contribution is 0.262. The van der Waals surface area contributed by atoms with Crippen molar-refractivity contribution in [3.05, 3.63) is 65.4 Å². The SMILES string of the molecule is CC1CCN(c2ccc(-c3ccc(NC(=O)Nc4c(F)cccc4Cl)cc3)nn2)CC1. The number of para-hydroxylation sites is 1. The fourth-order valence-corrected chi connectivity index (χ4v) is 3.71. The lowest BCUT2D eigenvalue weighted by Gasteiger charge is -2.30. The molecule has 0 aliphatic carbocycles. The standard InChI is InChI=1S/C23H23ClFN5O/c1-15-11-13-30(14-12-15)21-10-9-20(28-29-21)16-5-7-17(8-6-16)26-23(31)27-22-18(24)3-2-4-19(22)25/h2-10,15H,11-14H2,1H3,(H2,26,27,31). The number of piperidine rings is 1. The molecular weight excluding hydrogens is 417 g/mol. The van der Waals surface area contributed by atoms with Gasteiger partial charge in [0.25, 0.3) is 0 Å². The zero-order chi connectivity index (χ0) is 21.8. The minimum atomic E-state index is -0.598. The molecule has 0 spiro atoms. The first-order chi connectivity index (χ1) is 15.0. The minimum Gasteiger partial charge on any atom is -0.355 e. The third-order valence-corrected chi connectivity index (χ3v) is 5.71. The van der Waals surface area contributed by atoms with Gasteiger partial charge in [0.2, 0.25) is 0 Å². The van der Waals surface area contributed by atoms with Crippen molar-refractivity contribution < 1.29 is 9.18 Å². The molecule has 0 atom stereocenters. The Hall–Kier alpha value is -3.19. The number of rotatable bonds is 4. The average molecular weight is 440 g/mol. The van der Waals surface area contributed by atoms with E-state index in [9.17, 15) is 9.18 Å². The zero-order valence-corrected chi connectivity index (χ0v) is 17.9. The van der Waals surface area contributed by atoms with Gasteiger partial charge < -0.3 is 15.5 Å². The summed E-state index contributed by atoms with van der Waals surface area (Å²) in [6.45, 7) is 4.30. The highest BCUT2D eigenvalue weighted by molar-refractivity contribution is 6.33. The summed E-state index contributed by atoms with van der Waals surface area (Å²) in [5, 5.41) is 14.0. The summed E-state index contributed by atoms with van der Waals surface area (Å²) < 4.78 is 13.8. The molecule has 160 valence electrons. The molecule has 2 heterocycles. The molecule has 1 aliphatic heterocycles. The van der Waals surface area contributed by atoms with Crippen molar-refractivity contribution in [1.82, 2.24) is 10.2 Å². The average Bonchev–Trinajstić information content (AvgIpc) is 2.78. The molecule has 2 N–H and O–H groups in total. The Morgan fingerprint density at radius 3 is 2.42 bits per heavy atom. The van der Waals surface area contributed by atoms with Crippen LogP contribution in [0.15, 0.2) is 54.6 Å². The number of anilines is 3. The molecule has 3 aromatic rings. The molecule has 1 saturated heterocycles. The van der Waals surface area contributed by atoms with Crippen LogP contribution in [0.1, 0.15) is 19.8 Å². The van der Waals surface area contributed by atoms with E-state index in [0.717, 1.165) is 36.1 Å². The summed E-state index contributed by atoms with van der Waals surface area (Å²) in [5.74, 6) is 1.07. The summed E-state index contributed by atoms with van der Waals surface area (Å²) in [7, 11) is 0.